The highest BCUT2D eigenvalue weighted by molar-refractivity contribution is 7.87. The van der Waals surface area contributed by atoms with Gasteiger partial charge in [0.2, 0.25) is 5.69 Å². The first-order valence-electron chi connectivity index (χ1n) is 9.32. The van der Waals surface area contributed by atoms with Crippen molar-refractivity contribution in [2.75, 3.05) is 6.61 Å². The summed E-state index contributed by atoms with van der Waals surface area (Å²) in [6.45, 7) is 4.66. The van der Waals surface area contributed by atoms with E-state index in [0.29, 0.717) is 16.1 Å². The number of ether oxygens (including phenoxy) is 1. The van der Waals surface area contributed by atoms with Gasteiger partial charge in [-0.3, -0.25) is 4.79 Å². The molecule has 0 fully saturated rings. The molecule has 0 bridgehead atoms. The summed E-state index contributed by atoms with van der Waals surface area (Å²) >= 11 is 6.03. The van der Waals surface area contributed by atoms with Crippen molar-refractivity contribution in [3.8, 4) is 11.4 Å². The second-order valence-corrected chi connectivity index (χ2v) is 8.63. The molecule has 0 aliphatic heterocycles. The summed E-state index contributed by atoms with van der Waals surface area (Å²) in [6, 6.07) is 8.35. The van der Waals surface area contributed by atoms with Crippen LogP contribution in [0.4, 0.5) is 4.39 Å². The van der Waals surface area contributed by atoms with Gasteiger partial charge in [0.1, 0.15) is 10.7 Å². The molecule has 2 aromatic carbocycles. The van der Waals surface area contributed by atoms with Crippen molar-refractivity contribution in [1.29, 1.82) is 0 Å². The van der Waals surface area contributed by atoms with E-state index in [1.165, 1.54) is 31.2 Å². The number of carbonyl (C=O) groups is 1. The molecule has 0 amide bonds. The summed E-state index contributed by atoms with van der Waals surface area (Å²) in [5.74, 6) is -2.14. The third-order valence-corrected chi connectivity index (χ3v) is 6.15. The summed E-state index contributed by atoms with van der Waals surface area (Å²) in [6.07, 6.45) is 0. The van der Waals surface area contributed by atoms with Gasteiger partial charge in [0.15, 0.2) is 5.75 Å². The number of hydrogen-bond donors (Lipinski definition) is 0. The molecule has 0 saturated carbocycles. The number of rotatable bonds is 6. The smallest absolute Gasteiger partial charge is 0.362 e. The maximum Gasteiger partial charge on any atom is 0.362 e. The number of carbonyl (C=O) groups excluding carboxylic acids is 1. The predicted octanol–water partition coefficient (Wildman–Crippen LogP) is 3.59. The molecular weight excluding hydrogens is 463 g/mol. The van der Waals surface area contributed by atoms with E-state index in [0.717, 1.165) is 22.9 Å². The number of hydrogen-bond acceptors (Lipinski definition) is 7. The Kier molecular flexibility index (Phi) is 6.65. The van der Waals surface area contributed by atoms with Crippen molar-refractivity contribution >= 4 is 27.7 Å². The van der Waals surface area contributed by atoms with Crippen molar-refractivity contribution < 1.29 is 26.5 Å². The van der Waals surface area contributed by atoms with Gasteiger partial charge in [0, 0.05) is 5.02 Å². The van der Waals surface area contributed by atoms with Gasteiger partial charge in [-0.2, -0.15) is 18.2 Å². The van der Waals surface area contributed by atoms with Gasteiger partial charge < -0.3 is 8.92 Å². The zero-order chi connectivity index (χ0) is 23.6. The zero-order valence-electron chi connectivity index (χ0n) is 17.3. The van der Waals surface area contributed by atoms with E-state index >= 15 is 0 Å². The standard InChI is InChI=1S/C21H18ClFN2O6S/c1-4-30-21(27)20-17(11-19(26)25(24-20)15-7-5-14(23)6-8-15)31-32(28,29)18-10-12(2)16(22)9-13(18)3/h5-11H,4H2,1-3H3. The highest BCUT2D eigenvalue weighted by Crippen LogP contribution is 2.27. The Bertz CT molecular complexity index is 1350. The predicted molar refractivity (Wildman–Crippen MR) is 114 cm³/mol. The Balaban J connectivity index is 2.14. The largest absolute Gasteiger partial charge is 0.461 e. The second kappa shape index (κ2) is 9.09. The van der Waals surface area contributed by atoms with Crippen molar-refractivity contribution in [2.45, 2.75) is 25.7 Å². The molecule has 168 valence electrons. The molecule has 1 aromatic heterocycles. The van der Waals surface area contributed by atoms with Crippen LogP contribution < -0.4 is 9.74 Å². The molecule has 0 unspecified atom stereocenters. The van der Waals surface area contributed by atoms with Gasteiger partial charge in [-0.15, -0.1) is 0 Å². The average molecular weight is 481 g/mol. The van der Waals surface area contributed by atoms with E-state index in [2.05, 4.69) is 5.10 Å². The molecule has 0 radical (unpaired) electrons. The molecule has 32 heavy (non-hydrogen) atoms. The Morgan fingerprint density at radius 1 is 1.12 bits per heavy atom. The minimum atomic E-state index is -4.46. The minimum Gasteiger partial charge on any atom is -0.461 e. The number of halogens is 2. The number of esters is 1. The van der Waals surface area contributed by atoms with Gasteiger partial charge in [0.05, 0.1) is 18.4 Å². The fourth-order valence-electron chi connectivity index (χ4n) is 2.80. The first-order chi connectivity index (χ1) is 15.0. The van der Waals surface area contributed by atoms with Crippen LogP contribution in [0.15, 0.2) is 52.2 Å². The maximum atomic E-state index is 13.2. The fraction of sp³-hybridized carbons (Fsp3) is 0.190. The highest BCUT2D eigenvalue weighted by Gasteiger charge is 2.27. The normalized spacial score (nSPS) is 11.3. The molecule has 0 atom stereocenters. The summed E-state index contributed by atoms with van der Waals surface area (Å²) in [5.41, 5.74) is -0.386. The molecule has 0 spiro atoms. The fourth-order valence-corrected chi connectivity index (χ4v) is 4.24. The number of benzene rings is 2. The van der Waals surface area contributed by atoms with E-state index in [4.69, 9.17) is 20.5 Å². The van der Waals surface area contributed by atoms with Gasteiger partial charge in [-0.1, -0.05) is 11.6 Å². The topological polar surface area (TPSA) is 105 Å². The van der Waals surface area contributed by atoms with Crippen molar-refractivity contribution in [3.05, 3.63) is 80.5 Å². The Morgan fingerprint density at radius 2 is 1.78 bits per heavy atom. The molecule has 8 nitrogen and oxygen atoms in total. The number of aromatic nitrogens is 2. The third kappa shape index (κ3) is 4.81. The highest BCUT2D eigenvalue weighted by atomic mass is 35.5. The van der Waals surface area contributed by atoms with Gasteiger partial charge >= 0.3 is 16.1 Å². The first-order valence-corrected chi connectivity index (χ1v) is 11.1. The van der Waals surface area contributed by atoms with E-state index in [-0.39, 0.29) is 17.2 Å². The van der Waals surface area contributed by atoms with E-state index in [1.54, 1.807) is 13.8 Å². The lowest BCUT2D eigenvalue weighted by Crippen LogP contribution is -2.26. The van der Waals surface area contributed by atoms with Crippen LogP contribution in [0.25, 0.3) is 5.69 Å². The Labute approximate surface area is 188 Å². The monoisotopic (exact) mass is 480 g/mol. The average Bonchev–Trinajstić information content (AvgIpc) is 2.71. The van der Waals surface area contributed by atoms with Crippen LogP contribution in [-0.4, -0.2) is 30.8 Å². The van der Waals surface area contributed by atoms with E-state index in [9.17, 15) is 22.4 Å². The summed E-state index contributed by atoms with van der Waals surface area (Å²) in [7, 11) is -4.46. The lowest BCUT2D eigenvalue weighted by atomic mass is 10.2. The molecule has 1 heterocycles. The van der Waals surface area contributed by atoms with Gasteiger partial charge in [0.25, 0.3) is 5.56 Å². The molecular formula is C21H18ClFN2O6S. The molecule has 3 aromatic rings. The molecule has 0 aliphatic carbocycles. The summed E-state index contributed by atoms with van der Waals surface area (Å²) in [4.78, 5) is 24.9. The summed E-state index contributed by atoms with van der Waals surface area (Å²) in [5, 5.41) is 4.29. The van der Waals surface area contributed by atoms with Gasteiger partial charge in [-0.25, -0.2) is 9.18 Å². The van der Waals surface area contributed by atoms with Crippen LogP contribution in [0, 0.1) is 19.7 Å². The molecule has 3 rings (SSSR count). The van der Waals surface area contributed by atoms with Crippen LogP contribution in [-0.2, 0) is 14.9 Å². The van der Waals surface area contributed by atoms with Crippen LogP contribution in [0.1, 0.15) is 28.5 Å². The van der Waals surface area contributed by atoms with Crippen LogP contribution in [0.2, 0.25) is 5.02 Å². The lowest BCUT2D eigenvalue weighted by molar-refractivity contribution is 0.0515. The molecule has 0 aliphatic rings. The van der Waals surface area contributed by atoms with E-state index in [1.807, 2.05) is 0 Å². The second-order valence-electron chi connectivity index (χ2n) is 6.71. The van der Waals surface area contributed by atoms with Crippen LogP contribution >= 0.6 is 11.6 Å². The quantitative estimate of drug-likeness (QED) is 0.392. The van der Waals surface area contributed by atoms with Crippen molar-refractivity contribution in [3.63, 3.8) is 0 Å². The third-order valence-electron chi connectivity index (χ3n) is 4.36. The van der Waals surface area contributed by atoms with Crippen molar-refractivity contribution in [1.82, 2.24) is 9.78 Å². The molecule has 0 saturated heterocycles. The van der Waals surface area contributed by atoms with Gasteiger partial charge in [-0.05, 0) is 68.3 Å². The molecule has 0 N–H and O–H groups in total. The van der Waals surface area contributed by atoms with Crippen LogP contribution in [0.3, 0.4) is 0 Å². The Hall–Kier alpha value is -3.24. The van der Waals surface area contributed by atoms with Crippen molar-refractivity contribution in [2.24, 2.45) is 0 Å². The first kappa shape index (κ1) is 23.4. The minimum absolute atomic E-state index is 0.0299. The van der Waals surface area contributed by atoms with E-state index < -0.39 is 38.9 Å². The summed E-state index contributed by atoms with van der Waals surface area (Å²) < 4.78 is 50.0. The lowest BCUT2D eigenvalue weighted by Gasteiger charge is -2.14. The Morgan fingerprint density at radius 3 is 2.41 bits per heavy atom. The number of aryl methyl sites for hydroxylation is 2. The van der Waals surface area contributed by atoms with Crippen LogP contribution in [0.5, 0.6) is 5.75 Å². The molecule has 11 heteroatoms. The SMILES string of the molecule is CCOC(=O)c1nn(-c2ccc(F)cc2)c(=O)cc1OS(=O)(=O)c1cc(C)c(Cl)cc1C. The zero-order valence-corrected chi connectivity index (χ0v) is 18.8. The maximum absolute atomic E-state index is 13.2. The number of nitrogens with zero attached hydrogens (tertiary/aromatic N) is 2.